The third-order valence-corrected chi connectivity index (χ3v) is 7.73. The van der Waals surface area contributed by atoms with Gasteiger partial charge in [0.15, 0.2) is 0 Å². The summed E-state index contributed by atoms with van der Waals surface area (Å²) >= 11 is 0. The van der Waals surface area contributed by atoms with Gasteiger partial charge in [-0.15, -0.1) is 0 Å². The van der Waals surface area contributed by atoms with E-state index < -0.39 is 5.60 Å². The molecular formula is C19H27N3O2. The summed E-state index contributed by atoms with van der Waals surface area (Å²) in [5, 5.41) is 23.8. The Morgan fingerprint density at radius 3 is 2.54 bits per heavy atom. The Balaban J connectivity index is 1.46. The fourth-order valence-electron chi connectivity index (χ4n) is 7.35. The van der Waals surface area contributed by atoms with E-state index in [4.69, 9.17) is 0 Å². The van der Waals surface area contributed by atoms with Crippen LogP contribution in [0.4, 0.5) is 0 Å². The molecule has 4 bridgehead atoms. The molecule has 6 fully saturated rings. The number of fused-ring (bicyclic) bond motifs is 1. The first-order valence-corrected chi connectivity index (χ1v) is 9.58. The van der Waals surface area contributed by atoms with E-state index in [0.717, 1.165) is 44.9 Å². The van der Waals surface area contributed by atoms with Crippen LogP contribution in [0.5, 0.6) is 0 Å². The number of hydrogen-bond acceptors (Lipinski definition) is 4. The fraction of sp³-hybridized carbons (Fsp3) is 0.895. The lowest BCUT2D eigenvalue weighted by Crippen LogP contribution is -2.65. The van der Waals surface area contributed by atoms with Gasteiger partial charge in [-0.3, -0.25) is 4.79 Å². The van der Waals surface area contributed by atoms with Crippen molar-refractivity contribution in [2.24, 2.45) is 23.2 Å². The average molecular weight is 329 g/mol. The minimum absolute atomic E-state index is 0.113. The number of nitrogens with zero attached hydrogens (tertiary/aromatic N) is 2. The van der Waals surface area contributed by atoms with Crippen LogP contribution in [0.2, 0.25) is 0 Å². The van der Waals surface area contributed by atoms with E-state index >= 15 is 0 Å². The largest absolute Gasteiger partial charge is 0.390 e. The Morgan fingerprint density at radius 1 is 1.25 bits per heavy atom. The minimum atomic E-state index is -0.554. The highest BCUT2D eigenvalue weighted by molar-refractivity contribution is 5.85. The van der Waals surface area contributed by atoms with Gasteiger partial charge in [-0.2, -0.15) is 5.26 Å². The first-order valence-electron chi connectivity index (χ1n) is 9.58. The van der Waals surface area contributed by atoms with Crippen LogP contribution < -0.4 is 5.32 Å². The quantitative estimate of drug-likeness (QED) is 0.821. The second-order valence-electron chi connectivity index (χ2n) is 9.46. The van der Waals surface area contributed by atoms with Crippen LogP contribution in [-0.4, -0.2) is 46.7 Å². The van der Waals surface area contributed by atoms with Crippen molar-refractivity contribution in [1.29, 1.82) is 5.26 Å². The van der Waals surface area contributed by atoms with Gasteiger partial charge in [-0.05, 0) is 81.6 Å². The van der Waals surface area contributed by atoms with Crippen molar-refractivity contribution in [2.45, 2.75) is 75.1 Å². The van der Waals surface area contributed by atoms with E-state index in [9.17, 15) is 15.2 Å². The predicted octanol–water partition coefficient (Wildman–Crippen LogP) is 1.42. The first kappa shape index (κ1) is 15.2. The second-order valence-corrected chi connectivity index (χ2v) is 9.46. The summed E-state index contributed by atoms with van der Waals surface area (Å²) in [5.41, 5.74) is -0.668. The molecule has 2 unspecified atom stereocenters. The number of carbonyl (C=O) groups is 1. The summed E-state index contributed by atoms with van der Waals surface area (Å²) in [6.45, 7) is 0. The van der Waals surface area contributed by atoms with Crippen molar-refractivity contribution < 1.29 is 9.90 Å². The maximum absolute atomic E-state index is 13.4. The van der Waals surface area contributed by atoms with Crippen LogP contribution in [-0.2, 0) is 4.79 Å². The average Bonchev–Trinajstić information content (AvgIpc) is 3.15. The van der Waals surface area contributed by atoms with E-state index in [1.54, 1.807) is 0 Å². The van der Waals surface area contributed by atoms with E-state index in [1.165, 1.54) is 6.42 Å². The van der Waals surface area contributed by atoms with Gasteiger partial charge in [0.2, 0.25) is 5.91 Å². The number of aliphatic hydroxyl groups is 1. The van der Waals surface area contributed by atoms with Gasteiger partial charge in [-0.25, -0.2) is 0 Å². The van der Waals surface area contributed by atoms with E-state index in [0.29, 0.717) is 23.8 Å². The summed E-state index contributed by atoms with van der Waals surface area (Å²) in [7, 11) is 1.88. The summed E-state index contributed by atoms with van der Waals surface area (Å²) in [6, 6.07) is 2.16. The van der Waals surface area contributed by atoms with Crippen LogP contribution in [0.1, 0.15) is 51.4 Å². The SMILES string of the molecule is CN[C@H](C(=O)N1[C@H](C#N)C[C@@H]2C[C@@H]21)C12CC3CC(CC(O)(C3)C1)C2. The molecule has 1 heterocycles. The minimum Gasteiger partial charge on any atom is -0.390 e. The number of rotatable bonds is 3. The molecule has 6 aliphatic rings. The monoisotopic (exact) mass is 329 g/mol. The van der Waals surface area contributed by atoms with Crippen LogP contribution in [0.25, 0.3) is 0 Å². The van der Waals surface area contributed by atoms with Gasteiger partial charge in [0.05, 0.1) is 17.7 Å². The van der Waals surface area contributed by atoms with Gasteiger partial charge in [0, 0.05) is 6.04 Å². The lowest BCUT2D eigenvalue weighted by Gasteiger charge is -2.62. The Labute approximate surface area is 143 Å². The lowest BCUT2D eigenvalue weighted by molar-refractivity contribution is -0.180. The molecule has 5 nitrogen and oxygen atoms in total. The normalized spacial score (nSPS) is 52.0. The zero-order valence-corrected chi connectivity index (χ0v) is 14.4. The van der Waals surface area contributed by atoms with Gasteiger partial charge < -0.3 is 15.3 Å². The number of likely N-dealkylation sites (N-methyl/N-ethyl adjacent to an activating group) is 1. The van der Waals surface area contributed by atoms with Gasteiger partial charge in [0.25, 0.3) is 0 Å². The molecule has 0 aromatic carbocycles. The molecule has 24 heavy (non-hydrogen) atoms. The standard InChI is InChI=1S/C19H27N3O2/c1-21-16(17(23)22-14(9-20)3-13-4-15(13)22)18-5-11-2-12(6-18)8-19(24,7-11)10-18/h11-16,21,24H,2-8,10H2,1H3/t11?,12?,13-,14+,15+,16-,18?,19?/m1/s1. The molecule has 0 radical (unpaired) electrons. The first-order chi connectivity index (χ1) is 11.5. The summed E-state index contributed by atoms with van der Waals surface area (Å²) in [4.78, 5) is 15.3. The van der Waals surface area contributed by atoms with Crippen molar-refractivity contribution in [3.63, 3.8) is 0 Å². The zero-order valence-electron chi connectivity index (χ0n) is 14.4. The summed E-state index contributed by atoms with van der Waals surface area (Å²) in [6.07, 6.45) is 7.86. The molecule has 0 aromatic rings. The molecule has 0 aromatic heterocycles. The molecule has 5 heteroatoms. The number of nitrogens with one attached hydrogen (secondary N) is 1. The molecule has 1 amide bonds. The second kappa shape index (κ2) is 4.74. The van der Waals surface area contributed by atoms with E-state index in [-0.39, 0.29) is 23.4 Å². The number of likely N-dealkylation sites (tertiary alicyclic amines) is 1. The van der Waals surface area contributed by atoms with E-state index in [1.807, 2.05) is 11.9 Å². The third-order valence-electron chi connectivity index (χ3n) is 7.73. The van der Waals surface area contributed by atoms with Crippen molar-refractivity contribution in [2.75, 3.05) is 7.05 Å². The van der Waals surface area contributed by atoms with Crippen molar-refractivity contribution in [3.8, 4) is 6.07 Å². The molecule has 1 saturated heterocycles. The highest BCUT2D eigenvalue weighted by Crippen LogP contribution is 2.63. The topological polar surface area (TPSA) is 76.4 Å². The number of carbonyl (C=O) groups excluding carboxylic acids is 1. The Bertz CT molecular complexity index is 613. The molecule has 2 N–H and O–H groups in total. The van der Waals surface area contributed by atoms with Crippen LogP contribution in [0, 0.1) is 34.5 Å². The highest BCUT2D eigenvalue weighted by atomic mass is 16.3. The van der Waals surface area contributed by atoms with Crippen molar-refractivity contribution in [3.05, 3.63) is 0 Å². The Hall–Kier alpha value is -1.12. The Morgan fingerprint density at radius 2 is 1.96 bits per heavy atom. The summed E-state index contributed by atoms with van der Waals surface area (Å²) in [5.74, 6) is 1.81. The van der Waals surface area contributed by atoms with Gasteiger partial charge in [0.1, 0.15) is 6.04 Å². The molecule has 6 atom stereocenters. The van der Waals surface area contributed by atoms with E-state index in [2.05, 4.69) is 11.4 Å². The molecule has 6 rings (SSSR count). The number of piperidine rings is 1. The Kier molecular flexibility index (Phi) is 2.99. The van der Waals surface area contributed by atoms with Crippen LogP contribution in [0.3, 0.4) is 0 Å². The van der Waals surface area contributed by atoms with Crippen molar-refractivity contribution in [1.82, 2.24) is 10.2 Å². The lowest BCUT2D eigenvalue weighted by atomic mass is 9.46. The van der Waals surface area contributed by atoms with Gasteiger partial charge in [-0.1, -0.05) is 0 Å². The van der Waals surface area contributed by atoms with Crippen LogP contribution in [0.15, 0.2) is 0 Å². The maximum Gasteiger partial charge on any atom is 0.241 e. The molecular weight excluding hydrogens is 302 g/mol. The van der Waals surface area contributed by atoms with Crippen molar-refractivity contribution >= 4 is 5.91 Å². The smallest absolute Gasteiger partial charge is 0.241 e. The molecule has 1 aliphatic heterocycles. The predicted molar refractivity (Wildman–Crippen MR) is 87.7 cm³/mol. The molecule has 130 valence electrons. The molecule has 5 aliphatic carbocycles. The van der Waals surface area contributed by atoms with Crippen LogP contribution >= 0.6 is 0 Å². The molecule has 5 saturated carbocycles. The zero-order chi connectivity index (χ0) is 16.7. The number of hydrogen-bond donors (Lipinski definition) is 2. The van der Waals surface area contributed by atoms with Gasteiger partial charge >= 0.3 is 0 Å². The third kappa shape index (κ3) is 1.96. The number of amides is 1. The number of nitriles is 1. The highest BCUT2D eigenvalue weighted by Gasteiger charge is 2.63. The fourth-order valence-corrected chi connectivity index (χ4v) is 7.35. The maximum atomic E-state index is 13.4. The summed E-state index contributed by atoms with van der Waals surface area (Å²) < 4.78 is 0. The molecule has 0 spiro atoms.